The maximum atomic E-state index is 5.79. The molecule has 1 heterocycles. The molecule has 2 aromatic rings. The SMILES string of the molecule is CCN(CC)CCCC(C)NC(=NC)NCc1ccc(OCc2ccccn2)cc1. The third-order valence-electron chi connectivity index (χ3n) is 5.11. The highest BCUT2D eigenvalue weighted by Crippen LogP contribution is 2.13. The molecule has 30 heavy (non-hydrogen) atoms. The number of hydrogen-bond donors (Lipinski definition) is 2. The van der Waals surface area contributed by atoms with Crippen molar-refractivity contribution >= 4 is 5.96 Å². The van der Waals surface area contributed by atoms with Gasteiger partial charge < -0.3 is 20.3 Å². The number of benzene rings is 1. The summed E-state index contributed by atoms with van der Waals surface area (Å²) >= 11 is 0. The summed E-state index contributed by atoms with van der Waals surface area (Å²) in [6.07, 6.45) is 4.09. The molecule has 1 aromatic heterocycles. The molecule has 0 aliphatic rings. The summed E-state index contributed by atoms with van der Waals surface area (Å²) in [6, 6.07) is 14.3. The van der Waals surface area contributed by atoms with E-state index in [0.29, 0.717) is 19.2 Å². The lowest BCUT2D eigenvalue weighted by molar-refractivity contribution is 0.292. The number of nitrogens with one attached hydrogen (secondary N) is 2. The molecule has 0 radical (unpaired) electrons. The van der Waals surface area contributed by atoms with Gasteiger partial charge in [-0.3, -0.25) is 9.98 Å². The number of aliphatic imine (C=N–C) groups is 1. The van der Waals surface area contributed by atoms with Gasteiger partial charge >= 0.3 is 0 Å². The molecule has 0 saturated carbocycles. The lowest BCUT2D eigenvalue weighted by Crippen LogP contribution is -2.42. The minimum absolute atomic E-state index is 0.383. The molecule has 0 saturated heterocycles. The molecule has 6 nitrogen and oxygen atoms in total. The van der Waals surface area contributed by atoms with Crippen molar-refractivity contribution in [3.05, 3.63) is 59.9 Å². The predicted octanol–water partition coefficient (Wildman–Crippen LogP) is 3.84. The summed E-state index contributed by atoms with van der Waals surface area (Å²) in [5.74, 6) is 1.68. The van der Waals surface area contributed by atoms with E-state index in [1.807, 2.05) is 37.4 Å². The van der Waals surface area contributed by atoms with E-state index in [9.17, 15) is 0 Å². The van der Waals surface area contributed by atoms with Crippen molar-refractivity contribution in [2.75, 3.05) is 26.7 Å². The monoisotopic (exact) mass is 411 g/mol. The average molecular weight is 412 g/mol. The number of rotatable bonds is 12. The van der Waals surface area contributed by atoms with Gasteiger partial charge in [-0.1, -0.05) is 32.0 Å². The van der Waals surface area contributed by atoms with E-state index < -0.39 is 0 Å². The summed E-state index contributed by atoms with van der Waals surface area (Å²) in [4.78, 5) is 11.1. The zero-order valence-corrected chi connectivity index (χ0v) is 18.9. The molecule has 0 aliphatic heterocycles. The molecule has 1 atom stereocenters. The van der Waals surface area contributed by atoms with Gasteiger partial charge in [-0.2, -0.15) is 0 Å². The summed E-state index contributed by atoms with van der Waals surface area (Å²) in [6.45, 7) is 11.2. The Morgan fingerprint density at radius 1 is 1.13 bits per heavy atom. The van der Waals surface area contributed by atoms with Crippen LogP contribution >= 0.6 is 0 Å². The van der Waals surface area contributed by atoms with Crippen LogP contribution in [0.5, 0.6) is 5.75 Å². The standard InChI is InChI=1S/C24H37N5O/c1-5-29(6-2)17-9-10-20(3)28-24(25-4)27-18-21-12-14-23(15-13-21)30-19-22-11-7-8-16-26-22/h7-8,11-16,20H,5-6,9-10,17-19H2,1-4H3,(H2,25,27,28). The fourth-order valence-electron chi connectivity index (χ4n) is 3.19. The van der Waals surface area contributed by atoms with Crippen molar-refractivity contribution in [3.63, 3.8) is 0 Å². The molecular formula is C24H37N5O. The molecule has 0 fully saturated rings. The number of nitrogens with zero attached hydrogens (tertiary/aromatic N) is 3. The Morgan fingerprint density at radius 2 is 1.90 bits per heavy atom. The Hall–Kier alpha value is -2.60. The number of aromatic nitrogens is 1. The number of pyridine rings is 1. The van der Waals surface area contributed by atoms with Crippen LogP contribution in [0.25, 0.3) is 0 Å². The second-order valence-electron chi connectivity index (χ2n) is 7.39. The van der Waals surface area contributed by atoms with Crippen molar-refractivity contribution in [3.8, 4) is 5.75 Å². The van der Waals surface area contributed by atoms with Crippen molar-refractivity contribution in [2.24, 2.45) is 4.99 Å². The highest BCUT2D eigenvalue weighted by atomic mass is 16.5. The van der Waals surface area contributed by atoms with Gasteiger partial charge in [-0.25, -0.2) is 0 Å². The molecule has 2 rings (SSSR count). The first-order valence-electron chi connectivity index (χ1n) is 11.0. The van der Waals surface area contributed by atoms with Crippen LogP contribution in [0.4, 0.5) is 0 Å². The first-order valence-corrected chi connectivity index (χ1v) is 11.0. The van der Waals surface area contributed by atoms with Crippen LogP contribution in [0.15, 0.2) is 53.7 Å². The van der Waals surface area contributed by atoms with E-state index in [-0.39, 0.29) is 0 Å². The van der Waals surface area contributed by atoms with Gasteiger partial charge in [-0.15, -0.1) is 0 Å². The lowest BCUT2D eigenvalue weighted by atomic mass is 10.2. The second kappa shape index (κ2) is 13.6. The molecule has 0 amide bonds. The molecule has 1 unspecified atom stereocenters. The van der Waals surface area contributed by atoms with Crippen LogP contribution in [0, 0.1) is 0 Å². The molecule has 0 bridgehead atoms. The van der Waals surface area contributed by atoms with Crippen LogP contribution in [0.1, 0.15) is 44.9 Å². The highest BCUT2D eigenvalue weighted by Gasteiger charge is 2.07. The van der Waals surface area contributed by atoms with Crippen molar-refractivity contribution in [2.45, 2.75) is 52.8 Å². The molecule has 164 valence electrons. The van der Waals surface area contributed by atoms with Crippen molar-refractivity contribution in [1.82, 2.24) is 20.5 Å². The zero-order chi connectivity index (χ0) is 21.6. The fraction of sp³-hybridized carbons (Fsp3) is 0.500. The van der Waals surface area contributed by atoms with Crippen molar-refractivity contribution < 1.29 is 4.74 Å². The van der Waals surface area contributed by atoms with E-state index in [4.69, 9.17) is 4.74 Å². The Balaban J connectivity index is 1.71. The maximum Gasteiger partial charge on any atom is 0.191 e. The Kier molecular flexibility index (Phi) is 10.7. The molecule has 0 spiro atoms. The predicted molar refractivity (Wildman–Crippen MR) is 125 cm³/mol. The molecule has 6 heteroatoms. The number of guanidine groups is 1. The average Bonchev–Trinajstić information content (AvgIpc) is 2.79. The quantitative estimate of drug-likeness (QED) is 0.410. The number of hydrogen-bond acceptors (Lipinski definition) is 4. The third-order valence-corrected chi connectivity index (χ3v) is 5.11. The summed E-state index contributed by atoms with van der Waals surface area (Å²) < 4.78 is 5.79. The van der Waals surface area contributed by atoms with Gasteiger partial charge in [0.1, 0.15) is 12.4 Å². The first-order chi connectivity index (χ1) is 14.6. The third kappa shape index (κ3) is 8.82. The Bertz CT molecular complexity index is 729. The van der Waals surface area contributed by atoms with Crippen LogP contribution in [-0.4, -0.2) is 48.6 Å². The second-order valence-corrected chi connectivity index (χ2v) is 7.39. The first kappa shape index (κ1) is 23.7. The van der Waals surface area contributed by atoms with E-state index in [2.05, 4.69) is 58.4 Å². The van der Waals surface area contributed by atoms with Gasteiger partial charge in [0, 0.05) is 25.8 Å². The Morgan fingerprint density at radius 3 is 2.53 bits per heavy atom. The summed E-state index contributed by atoms with van der Waals surface area (Å²) in [5, 5.41) is 6.88. The smallest absolute Gasteiger partial charge is 0.191 e. The van der Waals surface area contributed by atoms with Crippen LogP contribution in [0.3, 0.4) is 0 Å². The minimum Gasteiger partial charge on any atom is -0.487 e. The maximum absolute atomic E-state index is 5.79. The zero-order valence-electron chi connectivity index (χ0n) is 18.9. The molecule has 1 aromatic carbocycles. The van der Waals surface area contributed by atoms with E-state index in [1.165, 1.54) is 12.0 Å². The number of ether oxygens (including phenoxy) is 1. The largest absolute Gasteiger partial charge is 0.487 e. The molecule has 2 N–H and O–H groups in total. The van der Waals surface area contributed by atoms with Gasteiger partial charge in [0.2, 0.25) is 0 Å². The van der Waals surface area contributed by atoms with Gasteiger partial charge in [0.05, 0.1) is 5.69 Å². The van der Waals surface area contributed by atoms with Crippen LogP contribution in [0.2, 0.25) is 0 Å². The minimum atomic E-state index is 0.383. The van der Waals surface area contributed by atoms with Gasteiger partial charge in [0.15, 0.2) is 5.96 Å². The topological polar surface area (TPSA) is 61.8 Å². The van der Waals surface area contributed by atoms with Crippen LogP contribution < -0.4 is 15.4 Å². The van der Waals surface area contributed by atoms with Gasteiger partial charge in [-0.05, 0) is 69.2 Å². The summed E-state index contributed by atoms with van der Waals surface area (Å²) in [7, 11) is 1.81. The Labute approximate surface area is 181 Å². The molecule has 0 aliphatic carbocycles. The van der Waals surface area contributed by atoms with Crippen LogP contribution in [-0.2, 0) is 13.2 Å². The van der Waals surface area contributed by atoms with E-state index in [0.717, 1.165) is 43.5 Å². The van der Waals surface area contributed by atoms with Gasteiger partial charge in [0.25, 0.3) is 0 Å². The van der Waals surface area contributed by atoms with Crippen molar-refractivity contribution in [1.29, 1.82) is 0 Å². The lowest BCUT2D eigenvalue weighted by Gasteiger charge is -2.21. The normalized spacial score (nSPS) is 12.6. The fourth-order valence-corrected chi connectivity index (χ4v) is 3.19. The van der Waals surface area contributed by atoms with E-state index in [1.54, 1.807) is 6.20 Å². The summed E-state index contributed by atoms with van der Waals surface area (Å²) in [5.41, 5.74) is 2.10. The highest BCUT2D eigenvalue weighted by molar-refractivity contribution is 5.79. The molecular weight excluding hydrogens is 374 g/mol. The van der Waals surface area contributed by atoms with E-state index >= 15 is 0 Å².